The summed E-state index contributed by atoms with van der Waals surface area (Å²) >= 11 is 1.68. The van der Waals surface area contributed by atoms with E-state index in [1.54, 1.807) is 25.1 Å². The van der Waals surface area contributed by atoms with Crippen molar-refractivity contribution in [3.05, 3.63) is 18.1 Å². The molecule has 1 aromatic heterocycles. The van der Waals surface area contributed by atoms with Crippen molar-refractivity contribution in [2.75, 3.05) is 19.9 Å². The van der Waals surface area contributed by atoms with Crippen LogP contribution >= 0.6 is 11.8 Å². The molecular weight excluding hydrogens is 226 g/mol. The zero-order chi connectivity index (χ0) is 12.0. The molecule has 0 aliphatic heterocycles. The molecule has 1 N–H and O–H groups in total. The molecule has 16 heavy (non-hydrogen) atoms. The lowest BCUT2D eigenvalue weighted by Gasteiger charge is -2.12. The standard InChI is InChI=1S/C11H17NO3S/c1-8-10(4-6-15-8)16-7-5-9(12-2)11(13)14-3/h4,6,9,12H,5,7H2,1-3H3. The Morgan fingerprint density at radius 3 is 2.94 bits per heavy atom. The molecule has 4 nitrogen and oxygen atoms in total. The van der Waals surface area contributed by atoms with Gasteiger partial charge in [-0.25, -0.2) is 0 Å². The summed E-state index contributed by atoms with van der Waals surface area (Å²) in [6.45, 7) is 1.93. The third-order valence-electron chi connectivity index (χ3n) is 2.31. The van der Waals surface area contributed by atoms with Gasteiger partial charge in [0.05, 0.1) is 13.4 Å². The molecule has 1 atom stereocenters. The predicted octanol–water partition coefficient (Wildman–Crippen LogP) is 1.83. The van der Waals surface area contributed by atoms with Crippen LogP contribution in [0.2, 0.25) is 0 Å². The van der Waals surface area contributed by atoms with Crippen molar-refractivity contribution >= 4 is 17.7 Å². The minimum absolute atomic E-state index is 0.216. The zero-order valence-corrected chi connectivity index (χ0v) is 10.6. The van der Waals surface area contributed by atoms with E-state index in [2.05, 4.69) is 10.1 Å². The Labute approximate surface area is 99.7 Å². The average Bonchev–Trinajstić information content (AvgIpc) is 2.69. The second-order valence-electron chi connectivity index (χ2n) is 3.34. The van der Waals surface area contributed by atoms with Gasteiger partial charge in [0.2, 0.25) is 0 Å². The van der Waals surface area contributed by atoms with Crippen LogP contribution in [0.1, 0.15) is 12.2 Å². The van der Waals surface area contributed by atoms with Crippen LogP contribution in [-0.2, 0) is 9.53 Å². The zero-order valence-electron chi connectivity index (χ0n) is 9.78. The number of carbonyl (C=O) groups is 1. The van der Waals surface area contributed by atoms with Gasteiger partial charge < -0.3 is 14.5 Å². The molecule has 0 amide bonds. The fourth-order valence-corrected chi connectivity index (χ4v) is 2.31. The number of nitrogens with one attached hydrogen (secondary N) is 1. The number of ether oxygens (including phenoxy) is 1. The van der Waals surface area contributed by atoms with Gasteiger partial charge in [-0.15, -0.1) is 11.8 Å². The molecule has 0 radical (unpaired) electrons. The molecule has 5 heteroatoms. The summed E-state index contributed by atoms with van der Waals surface area (Å²) in [5, 5.41) is 2.94. The van der Waals surface area contributed by atoms with Crippen molar-refractivity contribution in [3.63, 3.8) is 0 Å². The molecule has 1 heterocycles. The number of rotatable bonds is 6. The summed E-state index contributed by atoms with van der Waals surface area (Å²) in [6.07, 6.45) is 2.41. The maximum Gasteiger partial charge on any atom is 0.322 e. The molecule has 0 aromatic carbocycles. The van der Waals surface area contributed by atoms with E-state index in [1.807, 2.05) is 13.0 Å². The first-order valence-electron chi connectivity index (χ1n) is 5.11. The third-order valence-corrected chi connectivity index (χ3v) is 3.48. The molecule has 0 saturated carbocycles. The van der Waals surface area contributed by atoms with E-state index in [9.17, 15) is 4.79 Å². The van der Waals surface area contributed by atoms with Gasteiger partial charge in [0.1, 0.15) is 11.8 Å². The van der Waals surface area contributed by atoms with Crippen LogP contribution in [-0.4, -0.2) is 31.9 Å². The van der Waals surface area contributed by atoms with Crippen molar-refractivity contribution in [2.45, 2.75) is 24.3 Å². The van der Waals surface area contributed by atoms with Crippen LogP contribution < -0.4 is 5.32 Å². The number of hydrogen-bond acceptors (Lipinski definition) is 5. The van der Waals surface area contributed by atoms with Gasteiger partial charge in [-0.3, -0.25) is 4.79 Å². The maximum absolute atomic E-state index is 11.3. The number of carbonyl (C=O) groups excluding carboxylic acids is 1. The highest BCUT2D eigenvalue weighted by molar-refractivity contribution is 7.99. The lowest BCUT2D eigenvalue weighted by Crippen LogP contribution is -2.35. The number of aryl methyl sites for hydroxylation is 1. The van der Waals surface area contributed by atoms with Crippen LogP contribution in [0.25, 0.3) is 0 Å². The van der Waals surface area contributed by atoms with Crippen molar-refractivity contribution in [1.29, 1.82) is 0 Å². The molecule has 1 unspecified atom stereocenters. The van der Waals surface area contributed by atoms with Gasteiger partial charge in [-0.05, 0) is 26.5 Å². The predicted molar refractivity (Wildman–Crippen MR) is 63.6 cm³/mol. The Morgan fingerprint density at radius 1 is 1.69 bits per heavy atom. The first-order valence-corrected chi connectivity index (χ1v) is 6.09. The molecule has 0 aliphatic rings. The average molecular weight is 243 g/mol. The quantitative estimate of drug-likeness (QED) is 0.610. The van der Waals surface area contributed by atoms with Crippen LogP contribution in [0.5, 0.6) is 0 Å². The molecule has 0 aliphatic carbocycles. The number of likely N-dealkylation sites (N-methyl/N-ethyl adjacent to an activating group) is 1. The number of esters is 1. The summed E-state index contributed by atoms with van der Waals surface area (Å²) in [6, 6.07) is 1.71. The van der Waals surface area contributed by atoms with E-state index in [4.69, 9.17) is 4.42 Å². The lowest BCUT2D eigenvalue weighted by molar-refractivity contribution is -0.143. The fourth-order valence-electron chi connectivity index (χ4n) is 1.33. The van der Waals surface area contributed by atoms with Crippen molar-refractivity contribution in [1.82, 2.24) is 5.32 Å². The molecule has 1 aromatic rings. The monoisotopic (exact) mass is 243 g/mol. The summed E-state index contributed by atoms with van der Waals surface area (Å²) in [7, 11) is 3.16. The SMILES string of the molecule is CNC(CCSc1ccoc1C)C(=O)OC. The van der Waals surface area contributed by atoms with E-state index in [-0.39, 0.29) is 12.0 Å². The highest BCUT2D eigenvalue weighted by Crippen LogP contribution is 2.23. The van der Waals surface area contributed by atoms with Crippen molar-refractivity contribution in [2.24, 2.45) is 0 Å². The molecule has 0 spiro atoms. The number of methoxy groups -OCH3 is 1. The molecule has 1 rings (SSSR count). The Hall–Kier alpha value is -0.940. The van der Waals surface area contributed by atoms with E-state index in [1.165, 1.54) is 7.11 Å². The largest absolute Gasteiger partial charge is 0.468 e. The Balaban J connectivity index is 2.34. The Bertz CT molecular complexity index is 338. The van der Waals surface area contributed by atoms with Crippen LogP contribution in [0.15, 0.2) is 21.6 Å². The van der Waals surface area contributed by atoms with Gasteiger partial charge in [0, 0.05) is 10.6 Å². The van der Waals surface area contributed by atoms with E-state index >= 15 is 0 Å². The first kappa shape index (κ1) is 13.1. The Kier molecular flexibility index (Phi) is 5.42. The van der Waals surface area contributed by atoms with Gasteiger partial charge in [-0.2, -0.15) is 0 Å². The summed E-state index contributed by atoms with van der Waals surface area (Å²) < 4.78 is 9.87. The van der Waals surface area contributed by atoms with Crippen molar-refractivity contribution < 1.29 is 13.9 Å². The molecule has 0 bridgehead atoms. The van der Waals surface area contributed by atoms with Crippen molar-refractivity contribution in [3.8, 4) is 0 Å². The minimum atomic E-state index is -0.232. The molecule has 0 fully saturated rings. The second-order valence-corrected chi connectivity index (χ2v) is 4.48. The van der Waals surface area contributed by atoms with Gasteiger partial charge in [0.25, 0.3) is 0 Å². The van der Waals surface area contributed by atoms with E-state index in [0.29, 0.717) is 0 Å². The Morgan fingerprint density at radius 2 is 2.44 bits per heavy atom. The second kappa shape index (κ2) is 6.60. The summed E-state index contributed by atoms with van der Waals surface area (Å²) in [5.74, 6) is 1.55. The lowest BCUT2D eigenvalue weighted by atomic mass is 10.2. The molecule has 0 saturated heterocycles. The maximum atomic E-state index is 11.3. The highest BCUT2D eigenvalue weighted by Gasteiger charge is 2.16. The highest BCUT2D eigenvalue weighted by atomic mass is 32.2. The van der Waals surface area contributed by atoms with Crippen LogP contribution in [0.4, 0.5) is 0 Å². The van der Waals surface area contributed by atoms with Crippen LogP contribution in [0, 0.1) is 6.92 Å². The van der Waals surface area contributed by atoms with E-state index < -0.39 is 0 Å². The topological polar surface area (TPSA) is 51.5 Å². The first-order chi connectivity index (χ1) is 7.69. The molecular formula is C11H17NO3S. The molecule has 90 valence electrons. The van der Waals surface area contributed by atoms with Gasteiger partial charge in [0.15, 0.2) is 0 Å². The van der Waals surface area contributed by atoms with Crippen LogP contribution in [0.3, 0.4) is 0 Å². The minimum Gasteiger partial charge on any atom is -0.468 e. The van der Waals surface area contributed by atoms with E-state index in [0.717, 1.165) is 22.8 Å². The summed E-state index contributed by atoms with van der Waals surface area (Å²) in [5.41, 5.74) is 0. The normalized spacial score (nSPS) is 12.4. The number of furan rings is 1. The fraction of sp³-hybridized carbons (Fsp3) is 0.545. The number of thioether (sulfide) groups is 1. The summed E-state index contributed by atoms with van der Waals surface area (Å²) in [4.78, 5) is 12.4. The van der Waals surface area contributed by atoms with Gasteiger partial charge in [-0.1, -0.05) is 0 Å². The third kappa shape index (κ3) is 3.57. The smallest absolute Gasteiger partial charge is 0.322 e. The number of hydrogen-bond donors (Lipinski definition) is 1. The van der Waals surface area contributed by atoms with Gasteiger partial charge >= 0.3 is 5.97 Å².